The zero-order valence-electron chi connectivity index (χ0n) is 13.4. The van der Waals surface area contributed by atoms with E-state index in [2.05, 4.69) is 15.3 Å². The minimum atomic E-state index is -0.412. The van der Waals surface area contributed by atoms with Crippen LogP contribution in [0.2, 0.25) is 0 Å². The van der Waals surface area contributed by atoms with Gasteiger partial charge in [0.2, 0.25) is 4.77 Å². The molecule has 0 bridgehead atoms. The molecule has 7 nitrogen and oxygen atoms in total. The van der Waals surface area contributed by atoms with E-state index in [0.717, 1.165) is 10.4 Å². The average molecular weight is 374 g/mol. The van der Waals surface area contributed by atoms with Crippen LogP contribution in [0.5, 0.6) is 11.5 Å². The highest BCUT2D eigenvalue weighted by atomic mass is 32.1. The Morgan fingerprint density at radius 1 is 1.40 bits per heavy atom. The molecule has 3 rings (SSSR count). The lowest BCUT2D eigenvalue weighted by molar-refractivity contribution is -0.132. The van der Waals surface area contributed by atoms with Crippen LogP contribution < -0.4 is 9.47 Å². The third kappa shape index (κ3) is 3.83. The molecular weight excluding hydrogens is 360 g/mol. The fourth-order valence-electron chi connectivity index (χ4n) is 2.09. The first-order chi connectivity index (χ1) is 12.1. The Balaban J connectivity index is 1.92. The van der Waals surface area contributed by atoms with Crippen LogP contribution in [0.15, 0.2) is 40.8 Å². The number of aromatic amines is 1. The maximum atomic E-state index is 11.1. The molecular formula is C16H14N4O3S2. The standard InChI is InChI=1S/C16H14N4O3S2/c1-10(21)23-12-6-5-11(8-13(12)22-2)9-17-20-15(18-19-16(20)24)14-4-3-7-25-14/h3-9H,1-2H3,(H,19,24)/b17-9+. The first-order valence-electron chi connectivity index (χ1n) is 7.20. The molecule has 2 aromatic heterocycles. The van der Waals surface area contributed by atoms with Crippen LogP contribution in [-0.2, 0) is 4.79 Å². The van der Waals surface area contributed by atoms with Gasteiger partial charge in [0.25, 0.3) is 0 Å². The number of hydrogen-bond donors (Lipinski definition) is 1. The first kappa shape index (κ1) is 17.1. The second-order valence-corrected chi connectivity index (χ2v) is 6.22. The molecule has 0 saturated heterocycles. The predicted molar refractivity (Wildman–Crippen MR) is 98.0 cm³/mol. The van der Waals surface area contributed by atoms with E-state index in [1.54, 1.807) is 40.4 Å². The van der Waals surface area contributed by atoms with E-state index in [4.69, 9.17) is 21.7 Å². The highest BCUT2D eigenvalue weighted by Gasteiger charge is 2.10. The van der Waals surface area contributed by atoms with Gasteiger partial charge in [0, 0.05) is 6.92 Å². The number of rotatable bonds is 5. The highest BCUT2D eigenvalue weighted by molar-refractivity contribution is 7.71. The van der Waals surface area contributed by atoms with Crippen molar-refractivity contribution < 1.29 is 14.3 Å². The lowest BCUT2D eigenvalue weighted by atomic mass is 10.2. The van der Waals surface area contributed by atoms with Gasteiger partial charge in [-0.15, -0.1) is 11.3 Å². The lowest BCUT2D eigenvalue weighted by Gasteiger charge is -2.08. The molecule has 0 spiro atoms. The van der Waals surface area contributed by atoms with Crippen molar-refractivity contribution in [2.75, 3.05) is 7.11 Å². The van der Waals surface area contributed by atoms with E-state index < -0.39 is 5.97 Å². The molecule has 128 valence electrons. The molecule has 0 aliphatic heterocycles. The number of hydrogen-bond acceptors (Lipinski definition) is 7. The van der Waals surface area contributed by atoms with Crippen LogP contribution in [-0.4, -0.2) is 34.2 Å². The molecule has 0 amide bonds. The van der Waals surface area contributed by atoms with E-state index in [9.17, 15) is 4.79 Å². The third-order valence-corrected chi connectivity index (χ3v) is 4.29. The minimum absolute atomic E-state index is 0.353. The van der Waals surface area contributed by atoms with Crippen molar-refractivity contribution >= 4 is 35.7 Å². The lowest BCUT2D eigenvalue weighted by Crippen LogP contribution is -2.03. The number of carbonyl (C=O) groups is 1. The number of carbonyl (C=O) groups excluding carboxylic acids is 1. The first-order valence-corrected chi connectivity index (χ1v) is 8.49. The molecule has 1 aromatic carbocycles. The van der Waals surface area contributed by atoms with Crippen molar-refractivity contribution in [1.82, 2.24) is 14.9 Å². The molecule has 0 fully saturated rings. The monoisotopic (exact) mass is 374 g/mol. The molecule has 2 heterocycles. The van der Waals surface area contributed by atoms with Crippen LogP contribution in [0.3, 0.4) is 0 Å². The largest absolute Gasteiger partial charge is 0.493 e. The SMILES string of the molecule is COc1cc(/C=N/n2c(-c3cccs3)n[nH]c2=S)ccc1OC(C)=O. The Bertz CT molecular complexity index is 974. The van der Waals surface area contributed by atoms with E-state index in [0.29, 0.717) is 22.1 Å². The molecule has 0 unspecified atom stereocenters. The van der Waals surface area contributed by atoms with Crippen LogP contribution in [0.25, 0.3) is 10.7 Å². The molecule has 0 aliphatic rings. The molecule has 0 aliphatic carbocycles. The van der Waals surface area contributed by atoms with Crippen molar-refractivity contribution in [3.63, 3.8) is 0 Å². The van der Waals surface area contributed by atoms with E-state index in [1.807, 2.05) is 17.5 Å². The summed E-state index contributed by atoms with van der Waals surface area (Å²) in [7, 11) is 1.50. The minimum Gasteiger partial charge on any atom is -0.493 e. The number of ether oxygens (including phenoxy) is 2. The maximum absolute atomic E-state index is 11.1. The molecule has 3 aromatic rings. The number of methoxy groups -OCH3 is 1. The molecule has 9 heteroatoms. The fraction of sp³-hybridized carbons (Fsp3) is 0.125. The zero-order chi connectivity index (χ0) is 17.8. The van der Waals surface area contributed by atoms with Gasteiger partial charge in [-0.25, -0.2) is 5.10 Å². The Hall–Kier alpha value is -2.78. The second-order valence-electron chi connectivity index (χ2n) is 4.89. The number of nitrogens with zero attached hydrogens (tertiary/aromatic N) is 3. The Morgan fingerprint density at radius 2 is 2.24 bits per heavy atom. The average Bonchev–Trinajstić information content (AvgIpc) is 3.23. The number of benzene rings is 1. The van der Waals surface area contributed by atoms with Gasteiger partial charge in [-0.1, -0.05) is 6.07 Å². The van der Waals surface area contributed by atoms with Gasteiger partial charge >= 0.3 is 5.97 Å². The van der Waals surface area contributed by atoms with Crippen molar-refractivity contribution in [2.24, 2.45) is 5.10 Å². The van der Waals surface area contributed by atoms with Crippen molar-refractivity contribution in [2.45, 2.75) is 6.92 Å². The normalized spacial score (nSPS) is 11.0. The molecule has 0 radical (unpaired) electrons. The number of thiophene rings is 1. The summed E-state index contributed by atoms with van der Waals surface area (Å²) in [6.07, 6.45) is 1.63. The molecule has 25 heavy (non-hydrogen) atoms. The summed E-state index contributed by atoms with van der Waals surface area (Å²) in [6.45, 7) is 1.33. The van der Waals surface area contributed by atoms with Gasteiger partial charge in [-0.05, 0) is 47.4 Å². The van der Waals surface area contributed by atoms with E-state index >= 15 is 0 Å². The summed E-state index contributed by atoms with van der Waals surface area (Å²) >= 11 is 6.78. The van der Waals surface area contributed by atoms with Crippen LogP contribution >= 0.6 is 23.6 Å². The predicted octanol–water partition coefficient (Wildman–Crippen LogP) is 3.49. The Kier molecular flexibility index (Phi) is 5.05. The van der Waals surface area contributed by atoms with Gasteiger partial charge in [0.1, 0.15) is 0 Å². The van der Waals surface area contributed by atoms with Crippen LogP contribution in [0.4, 0.5) is 0 Å². The van der Waals surface area contributed by atoms with Crippen LogP contribution in [0, 0.1) is 4.77 Å². The zero-order valence-corrected chi connectivity index (χ0v) is 15.1. The van der Waals surface area contributed by atoms with Gasteiger partial charge in [0.05, 0.1) is 18.2 Å². The summed E-state index contributed by atoms with van der Waals surface area (Å²) in [5, 5.41) is 13.3. The van der Waals surface area contributed by atoms with Gasteiger partial charge in [0.15, 0.2) is 17.3 Å². The summed E-state index contributed by atoms with van der Waals surface area (Å²) in [6, 6.07) is 9.01. The summed E-state index contributed by atoms with van der Waals surface area (Å²) in [5.74, 6) is 1.02. The number of esters is 1. The highest BCUT2D eigenvalue weighted by Crippen LogP contribution is 2.28. The smallest absolute Gasteiger partial charge is 0.308 e. The van der Waals surface area contributed by atoms with Gasteiger partial charge in [-0.3, -0.25) is 4.79 Å². The van der Waals surface area contributed by atoms with Crippen molar-refractivity contribution in [1.29, 1.82) is 0 Å². The van der Waals surface area contributed by atoms with Gasteiger partial charge in [-0.2, -0.15) is 14.9 Å². The maximum Gasteiger partial charge on any atom is 0.308 e. The van der Waals surface area contributed by atoms with Crippen molar-refractivity contribution in [3.05, 3.63) is 46.0 Å². The summed E-state index contributed by atoms with van der Waals surface area (Å²) in [4.78, 5) is 12.1. The molecule has 1 N–H and O–H groups in total. The Morgan fingerprint density at radius 3 is 2.92 bits per heavy atom. The number of aromatic nitrogens is 3. The topological polar surface area (TPSA) is 81.5 Å². The Labute approximate surface area is 152 Å². The van der Waals surface area contributed by atoms with Gasteiger partial charge < -0.3 is 9.47 Å². The summed E-state index contributed by atoms with van der Waals surface area (Å²) < 4.78 is 12.3. The number of H-pyrrole nitrogens is 1. The van der Waals surface area contributed by atoms with E-state index in [1.165, 1.54) is 14.0 Å². The van der Waals surface area contributed by atoms with Crippen molar-refractivity contribution in [3.8, 4) is 22.2 Å². The molecule has 0 atom stereocenters. The quantitative estimate of drug-likeness (QED) is 0.320. The van der Waals surface area contributed by atoms with Crippen LogP contribution in [0.1, 0.15) is 12.5 Å². The number of nitrogens with one attached hydrogen (secondary N) is 1. The second kappa shape index (κ2) is 7.41. The molecule has 0 saturated carbocycles. The van der Waals surface area contributed by atoms with E-state index in [-0.39, 0.29) is 0 Å². The third-order valence-electron chi connectivity index (χ3n) is 3.16. The summed E-state index contributed by atoms with van der Waals surface area (Å²) in [5.41, 5.74) is 0.757. The fourth-order valence-corrected chi connectivity index (χ4v) is 2.97.